The van der Waals surface area contributed by atoms with Crippen molar-refractivity contribution in [2.24, 2.45) is 7.05 Å². The number of aromatic nitrogens is 5. The molecule has 0 spiro atoms. The van der Waals surface area contributed by atoms with E-state index in [4.69, 9.17) is 4.74 Å². The van der Waals surface area contributed by atoms with Crippen LogP contribution in [0.4, 0.5) is 25.3 Å². The Morgan fingerprint density at radius 2 is 1.79 bits per heavy atom. The Morgan fingerprint density at radius 3 is 2.43 bits per heavy atom. The van der Waals surface area contributed by atoms with Crippen molar-refractivity contribution in [1.29, 1.82) is 0 Å². The van der Waals surface area contributed by atoms with Crippen LogP contribution in [0, 0.1) is 11.6 Å². The Balaban J connectivity index is 1.25. The first-order chi connectivity index (χ1) is 19.9. The lowest BCUT2D eigenvalue weighted by molar-refractivity contribution is 0.0139. The monoisotopic (exact) mass is 578 g/mol. The van der Waals surface area contributed by atoms with Gasteiger partial charge in [-0.3, -0.25) is 9.58 Å². The normalized spacial score (nSPS) is 14.5. The fourth-order valence-electron chi connectivity index (χ4n) is 5.11. The van der Waals surface area contributed by atoms with Gasteiger partial charge in [-0.25, -0.2) is 28.5 Å². The molecule has 0 atom stereocenters. The lowest BCUT2D eigenvalue weighted by Gasteiger charge is -2.35. The number of nitrogens with one attached hydrogen (secondary N) is 1. The van der Waals surface area contributed by atoms with Crippen LogP contribution in [0.3, 0.4) is 0 Å². The summed E-state index contributed by atoms with van der Waals surface area (Å²) in [6, 6.07) is 6.71. The highest BCUT2D eigenvalue weighted by Crippen LogP contribution is 2.32. The molecule has 4 aromatic rings. The van der Waals surface area contributed by atoms with Crippen LogP contribution in [-0.2, 0) is 18.3 Å². The molecule has 1 amide bonds. The smallest absolute Gasteiger partial charge is 0.410 e. The molecule has 12 heteroatoms. The van der Waals surface area contributed by atoms with Gasteiger partial charge in [0.25, 0.3) is 0 Å². The van der Waals surface area contributed by atoms with Crippen molar-refractivity contribution in [2.45, 2.75) is 52.7 Å². The van der Waals surface area contributed by atoms with Crippen molar-refractivity contribution in [3.8, 4) is 11.3 Å². The highest BCUT2D eigenvalue weighted by atomic mass is 19.1. The van der Waals surface area contributed by atoms with E-state index in [1.165, 1.54) is 6.07 Å². The molecule has 0 unspecified atom stereocenters. The van der Waals surface area contributed by atoms with E-state index in [1.807, 2.05) is 40.7 Å². The summed E-state index contributed by atoms with van der Waals surface area (Å²) in [4.78, 5) is 29.2. The Hall–Kier alpha value is -4.19. The molecule has 10 nitrogen and oxygen atoms in total. The molecular weight excluding hydrogens is 542 g/mol. The minimum Gasteiger partial charge on any atom is -0.444 e. The number of hydrogen-bond donors (Lipinski definition) is 1. The second-order valence-corrected chi connectivity index (χ2v) is 11.8. The number of benzene rings is 1. The summed E-state index contributed by atoms with van der Waals surface area (Å²) in [5, 5.41) is 7.94. The van der Waals surface area contributed by atoms with E-state index in [0.717, 1.165) is 30.5 Å². The number of fused-ring (bicyclic) bond motifs is 1. The van der Waals surface area contributed by atoms with E-state index >= 15 is 0 Å². The number of halogens is 2. The zero-order valence-electron chi connectivity index (χ0n) is 24.8. The lowest BCUT2D eigenvalue weighted by atomic mass is 10.0. The molecule has 1 fully saturated rings. The van der Waals surface area contributed by atoms with Crippen molar-refractivity contribution in [1.82, 2.24) is 34.5 Å². The molecule has 0 aliphatic carbocycles. The van der Waals surface area contributed by atoms with Crippen LogP contribution in [0.2, 0.25) is 0 Å². The van der Waals surface area contributed by atoms with Gasteiger partial charge in [-0.2, -0.15) is 5.10 Å². The molecule has 1 aromatic carbocycles. The number of pyridine rings is 1. The quantitative estimate of drug-likeness (QED) is 0.315. The average Bonchev–Trinajstić information content (AvgIpc) is 3.27. The van der Waals surface area contributed by atoms with E-state index in [2.05, 4.69) is 30.3 Å². The van der Waals surface area contributed by atoms with Gasteiger partial charge < -0.3 is 15.0 Å². The Labute approximate surface area is 243 Å². The van der Waals surface area contributed by atoms with Gasteiger partial charge in [0.05, 0.1) is 6.20 Å². The third-order valence-corrected chi connectivity index (χ3v) is 7.00. The summed E-state index contributed by atoms with van der Waals surface area (Å²) < 4.78 is 37.0. The molecule has 222 valence electrons. The van der Waals surface area contributed by atoms with E-state index in [0.29, 0.717) is 36.4 Å². The van der Waals surface area contributed by atoms with Gasteiger partial charge in [0.1, 0.15) is 22.6 Å². The van der Waals surface area contributed by atoms with Crippen LogP contribution in [0.15, 0.2) is 36.7 Å². The SMILES string of the molecule is CC(C)c1c2cc(-c3nc(Nc4ccc(CN5CCN(C(=O)OC(C)(C)C)CC5)cn4)ncc3F)cc(F)c2nn1C. The zero-order chi connectivity index (χ0) is 30.2. The van der Waals surface area contributed by atoms with Gasteiger partial charge >= 0.3 is 6.09 Å². The molecule has 1 N–H and O–H groups in total. The van der Waals surface area contributed by atoms with Gasteiger partial charge in [-0.15, -0.1) is 0 Å². The van der Waals surface area contributed by atoms with E-state index in [9.17, 15) is 13.6 Å². The van der Waals surface area contributed by atoms with Gasteiger partial charge in [-0.05, 0) is 50.5 Å². The summed E-state index contributed by atoms with van der Waals surface area (Å²) in [6.45, 7) is 12.9. The van der Waals surface area contributed by atoms with Crippen molar-refractivity contribution in [3.63, 3.8) is 0 Å². The Morgan fingerprint density at radius 1 is 1.05 bits per heavy atom. The van der Waals surface area contributed by atoms with Crippen molar-refractivity contribution < 1.29 is 18.3 Å². The van der Waals surface area contributed by atoms with Crippen molar-refractivity contribution in [2.75, 3.05) is 31.5 Å². The number of rotatable bonds is 6. The molecule has 1 aliphatic rings. The maximum atomic E-state index is 15.0. The van der Waals surface area contributed by atoms with Crippen LogP contribution in [0.1, 0.15) is 51.8 Å². The van der Waals surface area contributed by atoms with E-state index < -0.39 is 17.2 Å². The van der Waals surface area contributed by atoms with Crippen LogP contribution in [-0.4, -0.2) is 72.4 Å². The molecule has 0 bridgehead atoms. The standard InChI is InChI=1S/C30H36F2N8O2/c1-18(2)27-21-13-20(14-22(31)26(21)37-38(27)6)25-23(32)16-34-28(36-25)35-24-8-7-19(15-33-24)17-39-9-11-40(12-10-39)29(41)42-30(3,4)5/h7-8,13-16,18H,9-12,17H2,1-6H3,(H,33,34,35,36). The van der Waals surface area contributed by atoms with Crippen LogP contribution in [0.25, 0.3) is 22.2 Å². The van der Waals surface area contributed by atoms with Gasteiger partial charge in [0, 0.05) is 62.6 Å². The number of aryl methyl sites for hydroxylation is 1. The number of amides is 1. The number of ether oxygens (including phenoxy) is 1. The van der Waals surface area contributed by atoms with Crippen molar-refractivity contribution in [3.05, 3.63) is 59.6 Å². The first-order valence-corrected chi connectivity index (χ1v) is 14.0. The van der Waals surface area contributed by atoms with Crippen LogP contribution >= 0.6 is 0 Å². The second kappa shape index (κ2) is 11.6. The first kappa shape index (κ1) is 29.3. The zero-order valence-corrected chi connectivity index (χ0v) is 24.8. The van der Waals surface area contributed by atoms with Crippen LogP contribution < -0.4 is 5.32 Å². The fourth-order valence-corrected chi connectivity index (χ4v) is 5.11. The predicted molar refractivity (Wildman–Crippen MR) is 156 cm³/mol. The van der Waals surface area contributed by atoms with Crippen molar-refractivity contribution >= 4 is 28.8 Å². The number of hydrogen-bond acceptors (Lipinski definition) is 8. The maximum absolute atomic E-state index is 15.0. The number of anilines is 2. The third kappa shape index (κ3) is 6.48. The molecule has 4 heterocycles. The first-order valence-electron chi connectivity index (χ1n) is 14.0. The second-order valence-electron chi connectivity index (χ2n) is 11.8. The molecule has 42 heavy (non-hydrogen) atoms. The average molecular weight is 579 g/mol. The third-order valence-electron chi connectivity index (χ3n) is 7.00. The summed E-state index contributed by atoms with van der Waals surface area (Å²) >= 11 is 0. The minimum atomic E-state index is -0.663. The molecule has 0 saturated carbocycles. The molecule has 5 rings (SSSR count). The molecular formula is C30H36F2N8O2. The van der Waals surface area contributed by atoms with Gasteiger partial charge in [-0.1, -0.05) is 19.9 Å². The van der Waals surface area contributed by atoms with Gasteiger partial charge in [0.2, 0.25) is 5.95 Å². The Kier molecular flexibility index (Phi) is 8.09. The van der Waals surface area contributed by atoms with Crippen LogP contribution in [0.5, 0.6) is 0 Å². The maximum Gasteiger partial charge on any atom is 0.410 e. The van der Waals surface area contributed by atoms with E-state index in [1.54, 1.807) is 35.0 Å². The molecule has 3 aromatic heterocycles. The highest BCUT2D eigenvalue weighted by molar-refractivity contribution is 5.87. The number of carbonyl (C=O) groups excluding carboxylic acids is 1. The molecule has 0 radical (unpaired) electrons. The summed E-state index contributed by atoms with van der Waals surface area (Å²) in [5.74, 6) is -0.480. The summed E-state index contributed by atoms with van der Waals surface area (Å²) in [5.41, 5.74) is 1.87. The van der Waals surface area contributed by atoms with E-state index in [-0.39, 0.29) is 29.2 Å². The highest BCUT2D eigenvalue weighted by Gasteiger charge is 2.26. The predicted octanol–water partition coefficient (Wildman–Crippen LogP) is 5.62. The number of nitrogens with zero attached hydrogens (tertiary/aromatic N) is 7. The topological polar surface area (TPSA) is 101 Å². The largest absolute Gasteiger partial charge is 0.444 e. The number of piperazine rings is 1. The van der Waals surface area contributed by atoms with Gasteiger partial charge in [0.15, 0.2) is 11.6 Å². The lowest BCUT2D eigenvalue weighted by Crippen LogP contribution is -2.49. The molecule has 1 saturated heterocycles. The minimum absolute atomic E-state index is 0.0194. The summed E-state index contributed by atoms with van der Waals surface area (Å²) in [7, 11) is 1.77. The summed E-state index contributed by atoms with van der Waals surface area (Å²) in [6.07, 6.45) is 2.53. The Bertz CT molecular complexity index is 1590. The fraction of sp³-hybridized carbons (Fsp3) is 0.433. The molecule has 1 aliphatic heterocycles. The number of carbonyl (C=O) groups is 1.